The normalized spacial score (nSPS) is 19.5. The minimum atomic E-state index is -0.0466. The fraction of sp³-hybridized carbons (Fsp3) is 0.462. The SMILES string of the molecule is CN(C)C1CCN(C(=O)c2ccc(N)c(O)c2)C1. The Morgan fingerprint density at radius 1 is 1.50 bits per heavy atom. The molecule has 1 aliphatic rings. The molecule has 98 valence electrons. The van der Waals surface area contributed by atoms with Crippen molar-refractivity contribution in [2.45, 2.75) is 12.5 Å². The second-order valence-corrected chi connectivity index (χ2v) is 4.93. The number of nitrogen functional groups attached to an aromatic ring is 1. The first-order valence-corrected chi connectivity index (χ1v) is 6.03. The summed E-state index contributed by atoms with van der Waals surface area (Å²) in [5.41, 5.74) is 6.30. The van der Waals surface area contributed by atoms with Crippen LogP contribution in [0, 0.1) is 0 Å². The number of rotatable bonds is 2. The van der Waals surface area contributed by atoms with Crippen LogP contribution in [-0.2, 0) is 0 Å². The summed E-state index contributed by atoms with van der Waals surface area (Å²) in [5, 5.41) is 9.53. The van der Waals surface area contributed by atoms with Crippen LogP contribution in [0.5, 0.6) is 5.75 Å². The number of phenolic OH excluding ortho intramolecular Hbond substituents is 1. The number of aromatic hydroxyl groups is 1. The van der Waals surface area contributed by atoms with Crippen molar-refractivity contribution >= 4 is 11.6 Å². The molecule has 2 rings (SSSR count). The van der Waals surface area contributed by atoms with E-state index >= 15 is 0 Å². The Hall–Kier alpha value is -1.75. The average molecular weight is 249 g/mol. The maximum Gasteiger partial charge on any atom is 0.254 e. The molecule has 1 atom stereocenters. The second-order valence-electron chi connectivity index (χ2n) is 4.93. The van der Waals surface area contributed by atoms with Gasteiger partial charge in [0.1, 0.15) is 5.75 Å². The van der Waals surface area contributed by atoms with Gasteiger partial charge in [-0.05, 0) is 38.7 Å². The summed E-state index contributed by atoms with van der Waals surface area (Å²) in [4.78, 5) is 16.2. The monoisotopic (exact) mass is 249 g/mol. The van der Waals surface area contributed by atoms with Crippen molar-refractivity contribution in [1.82, 2.24) is 9.80 Å². The van der Waals surface area contributed by atoms with Crippen molar-refractivity contribution < 1.29 is 9.90 Å². The minimum absolute atomic E-state index is 0.0378. The van der Waals surface area contributed by atoms with E-state index in [9.17, 15) is 9.90 Å². The molecule has 3 N–H and O–H groups in total. The van der Waals surface area contributed by atoms with Gasteiger partial charge in [0.15, 0.2) is 0 Å². The lowest BCUT2D eigenvalue weighted by Gasteiger charge is -2.20. The highest BCUT2D eigenvalue weighted by molar-refractivity contribution is 5.95. The summed E-state index contributed by atoms with van der Waals surface area (Å²) >= 11 is 0. The Labute approximate surface area is 107 Å². The van der Waals surface area contributed by atoms with E-state index in [1.165, 1.54) is 6.07 Å². The number of anilines is 1. The van der Waals surface area contributed by atoms with Gasteiger partial charge in [-0.3, -0.25) is 4.79 Å². The third-order valence-electron chi connectivity index (χ3n) is 3.46. The van der Waals surface area contributed by atoms with Crippen molar-refractivity contribution in [3.8, 4) is 5.75 Å². The number of nitrogens with zero attached hydrogens (tertiary/aromatic N) is 2. The van der Waals surface area contributed by atoms with Gasteiger partial charge in [-0.25, -0.2) is 0 Å². The zero-order chi connectivity index (χ0) is 13.3. The van der Waals surface area contributed by atoms with Gasteiger partial charge in [0.25, 0.3) is 5.91 Å². The van der Waals surface area contributed by atoms with Crippen LogP contribution in [-0.4, -0.2) is 54.0 Å². The van der Waals surface area contributed by atoms with Gasteiger partial charge in [0, 0.05) is 24.7 Å². The maximum atomic E-state index is 12.2. The van der Waals surface area contributed by atoms with Gasteiger partial charge in [-0.15, -0.1) is 0 Å². The number of benzene rings is 1. The number of amides is 1. The highest BCUT2D eigenvalue weighted by atomic mass is 16.3. The van der Waals surface area contributed by atoms with E-state index in [-0.39, 0.29) is 11.7 Å². The molecule has 1 aromatic carbocycles. The Kier molecular flexibility index (Phi) is 3.43. The van der Waals surface area contributed by atoms with E-state index in [0.29, 0.717) is 17.3 Å². The molecular weight excluding hydrogens is 230 g/mol. The Morgan fingerprint density at radius 3 is 2.78 bits per heavy atom. The zero-order valence-electron chi connectivity index (χ0n) is 10.8. The summed E-state index contributed by atoms with van der Waals surface area (Å²) in [5.74, 6) is -0.0844. The Bertz CT molecular complexity index is 460. The molecule has 0 radical (unpaired) electrons. The van der Waals surface area contributed by atoms with Gasteiger partial charge in [-0.2, -0.15) is 0 Å². The van der Waals surface area contributed by atoms with Crippen molar-refractivity contribution in [3.63, 3.8) is 0 Å². The van der Waals surface area contributed by atoms with Gasteiger partial charge < -0.3 is 20.6 Å². The molecule has 18 heavy (non-hydrogen) atoms. The van der Waals surface area contributed by atoms with Crippen LogP contribution in [0.15, 0.2) is 18.2 Å². The summed E-state index contributed by atoms with van der Waals surface area (Å²) in [6.07, 6.45) is 0.986. The Balaban J connectivity index is 2.10. The molecule has 5 nitrogen and oxygen atoms in total. The standard InChI is InChI=1S/C13H19N3O2/c1-15(2)10-5-6-16(8-10)13(18)9-3-4-11(14)12(17)7-9/h3-4,7,10,17H,5-6,8,14H2,1-2H3. The number of carbonyl (C=O) groups excluding carboxylic acids is 1. The molecule has 1 fully saturated rings. The number of carbonyl (C=O) groups is 1. The highest BCUT2D eigenvalue weighted by Gasteiger charge is 2.28. The van der Waals surface area contributed by atoms with Crippen LogP contribution in [0.1, 0.15) is 16.8 Å². The van der Waals surface area contributed by atoms with Crippen LogP contribution in [0.3, 0.4) is 0 Å². The van der Waals surface area contributed by atoms with Crippen molar-refractivity contribution in [3.05, 3.63) is 23.8 Å². The number of phenols is 1. The predicted octanol–water partition coefficient (Wildman–Crippen LogP) is 0.751. The molecule has 0 spiro atoms. The van der Waals surface area contributed by atoms with E-state index in [1.807, 2.05) is 19.0 Å². The quantitative estimate of drug-likeness (QED) is 0.599. The lowest BCUT2D eigenvalue weighted by atomic mass is 10.1. The van der Waals surface area contributed by atoms with Crippen LogP contribution in [0.25, 0.3) is 0 Å². The van der Waals surface area contributed by atoms with Crippen molar-refractivity contribution in [2.24, 2.45) is 0 Å². The number of hydrogen-bond donors (Lipinski definition) is 2. The van der Waals surface area contributed by atoms with E-state index in [1.54, 1.807) is 12.1 Å². The van der Waals surface area contributed by atoms with Gasteiger partial charge in [0.05, 0.1) is 5.69 Å². The Morgan fingerprint density at radius 2 is 2.22 bits per heavy atom. The summed E-state index contributed by atoms with van der Waals surface area (Å²) in [6, 6.07) is 5.06. The first kappa shape index (κ1) is 12.7. The van der Waals surface area contributed by atoms with Crippen LogP contribution >= 0.6 is 0 Å². The van der Waals surface area contributed by atoms with Crippen LogP contribution < -0.4 is 5.73 Å². The summed E-state index contributed by atoms with van der Waals surface area (Å²) in [6.45, 7) is 1.49. The number of hydrogen-bond acceptors (Lipinski definition) is 4. The molecule has 1 heterocycles. The van der Waals surface area contributed by atoms with E-state index in [0.717, 1.165) is 19.5 Å². The molecule has 1 amide bonds. The third-order valence-corrected chi connectivity index (χ3v) is 3.46. The largest absolute Gasteiger partial charge is 0.506 e. The lowest BCUT2D eigenvalue weighted by molar-refractivity contribution is 0.0782. The van der Waals surface area contributed by atoms with Crippen molar-refractivity contribution in [1.29, 1.82) is 0 Å². The number of nitrogens with two attached hydrogens (primary N) is 1. The maximum absolute atomic E-state index is 12.2. The summed E-state index contributed by atoms with van der Waals surface area (Å²) < 4.78 is 0. The molecule has 0 saturated carbocycles. The first-order chi connectivity index (χ1) is 8.49. The fourth-order valence-corrected chi connectivity index (χ4v) is 2.21. The molecule has 1 aromatic rings. The number of likely N-dealkylation sites (tertiary alicyclic amines) is 1. The molecule has 0 aromatic heterocycles. The molecule has 0 aliphatic carbocycles. The molecule has 1 aliphatic heterocycles. The lowest BCUT2D eigenvalue weighted by Crippen LogP contribution is -2.34. The smallest absolute Gasteiger partial charge is 0.254 e. The molecule has 1 saturated heterocycles. The highest BCUT2D eigenvalue weighted by Crippen LogP contribution is 2.23. The van der Waals surface area contributed by atoms with Gasteiger partial charge in [-0.1, -0.05) is 0 Å². The van der Waals surface area contributed by atoms with E-state index in [2.05, 4.69) is 4.90 Å². The zero-order valence-corrected chi connectivity index (χ0v) is 10.8. The van der Waals surface area contributed by atoms with E-state index < -0.39 is 0 Å². The van der Waals surface area contributed by atoms with Crippen molar-refractivity contribution in [2.75, 3.05) is 32.9 Å². The predicted molar refractivity (Wildman–Crippen MR) is 70.5 cm³/mol. The van der Waals surface area contributed by atoms with Crippen LogP contribution in [0.4, 0.5) is 5.69 Å². The molecule has 5 heteroatoms. The fourth-order valence-electron chi connectivity index (χ4n) is 2.21. The molecule has 1 unspecified atom stereocenters. The van der Waals surface area contributed by atoms with Gasteiger partial charge >= 0.3 is 0 Å². The number of likely N-dealkylation sites (N-methyl/N-ethyl adjacent to an activating group) is 1. The topological polar surface area (TPSA) is 69.8 Å². The minimum Gasteiger partial charge on any atom is -0.506 e. The first-order valence-electron chi connectivity index (χ1n) is 6.03. The summed E-state index contributed by atoms with van der Waals surface area (Å²) in [7, 11) is 4.04. The second kappa shape index (κ2) is 4.86. The van der Waals surface area contributed by atoms with Crippen LogP contribution in [0.2, 0.25) is 0 Å². The molecular formula is C13H19N3O2. The van der Waals surface area contributed by atoms with E-state index in [4.69, 9.17) is 5.73 Å². The average Bonchev–Trinajstić information content (AvgIpc) is 2.81. The molecule has 0 bridgehead atoms. The third kappa shape index (κ3) is 2.41. The van der Waals surface area contributed by atoms with Gasteiger partial charge in [0.2, 0.25) is 0 Å².